The van der Waals surface area contributed by atoms with Gasteiger partial charge in [0.25, 0.3) is 0 Å². The van der Waals surface area contributed by atoms with E-state index in [-0.39, 0.29) is 6.61 Å². The lowest BCUT2D eigenvalue weighted by Gasteiger charge is -2.27. The Labute approximate surface area is 204 Å². The van der Waals surface area contributed by atoms with Gasteiger partial charge in [0, 0.05) is 23.0 Å². The summed E-state index contributed by atoms with van der Waals surface area (Å²) in [7, 11) is 0. The maximum absolute atomic E-state index is 12.9. The molecular formula is C27H28N4O4. The first-order chi connectivity index (χ1) is 16.9. The van der Waals surface area contributed by atoms with Crippen LogP contribution in [0.25, 0.3) is 16.9 Å². The molecule has 0 bridgehead atoms. The Morgan fingerprint density at radius 3 is 2.66 bits per heavy atom. The number of hydrogen-bond acceptors (Lipinski definition) is 5. The highest BCUT2D eigenvalue weighted by Gasteiger charge is 2.35. The third-order valence-electron chi connectivity index (χ3n) is 5.64. The highest BCUT2D eigenvalue weighted by atomic mass is 16.5. The molecule has 2 heterocycles. The Balaban J connectivity index is 1.87. The number of esters is 1. The monoisotopic (exact) mass is 472 g/mol. The van der Waals surface area contributed by atoms with Crippen molar-refractivity contribution >= 4 is 12.0 Å². The number of hydrogen-bond donors (Lipinski definition) is 2. The van der Waals surface area contributed by atoms with Crippen LogP contribution in [0.4, 0.5) is 4.79 Å². The number of carbonyl (C=O) groups excluding carboxylic acids is 2. The Bertz CT molecular complexity index is 1290. The van der Waals surface area contributed by atoms with Gasteiger partial charge in [-0.3, -0.25) is 0 Å². The number of nitrogens with zero attached hydrogens (tertiary/aromatic N) is 2. The zero-order valence-corrected chi connectivity index (χ0v) is 20.0. The molecule has 1 aromatic heterocycles. The summed E-state index contributed by atoms with van der Waals surface area (Å²) in [6, 6.07) is 14.3. The number of rotatable bonds is 8. The fourth-order valence-corrected chi connectivity index (χ4v) is 4.05. The highest BCUT2D eigenvalue weighted by Crippen LogP contribution is 2.36. The van der Waals surface area contributed by atoms with E-state index >= 15 is 0 Å². The first-order valence-electron chi connectivity index (χ1n) is 11.4. The molecule has 8 heteroatoms. The smallest absolute Gasteiger partial charge is 0.338 e. The summed E-state index contributed by atoms with van der Waals surface area (Å²) in [5.74, 6) is 0.251. The molecule has 0 saturated heterocycles. The molecule has 1 aliphatic heterocycles. The second kappa shape index (κ2) is 10.3. The number of benzene rings is 2. The predicted molar refractivity (Wildman–Crippen MR) is 133 cm³/mol. The summed E-state index contributed by atoms with van der Waals surface area (Å²) < 4.78 is 12.8. The number of carbonyl (C=O) groups is 2. The van der Waals surface area contributed by atoms with Crippen molar-refractivity contribution in [1.82, 2.24) is 20.4 Å². The van der Waals surface area contributed by atoms with Crippen molar-refractivity contribution in [2.24, 2.45) is 0 Å². The molecule has 0 spiro atoms. The first kappa shape index (κ1) is 23.8. The molecule has 2 N–H and O–H groups in total. The number of urea groups is 1. The van der Waals surface area contributed by atoms with Crippen molar-refractivity contribution < 1.29 is 19.1 Å². The van der Waals surface area contributed by atoms with E-state index in [4.69, 9.17) is 14.6 Å². The molecule has 0 unspecified atom stereocenters. The van der Waals surface area contributed by atoms with E-state index in [1.165, 1.54) is 0 Å². The van der Waals surface area contributed by atoms with Crippen LogP contribution in [-0.4, -0.2) is 35.0 Å². The molecule has 2 amide bonds. The zero-order chi connectivity index (χ0) is 24.9. The van der Waals surface area contributed by atoms with Crippen LogP contribution in [0.1, 0.15) is 31.0 Å². The summed E-state index contributed by atoms with van der Waals surface area (Å²) in [4.78, 5) is 25.3. The maximum Gasteiger partial charge on any atom is 0.338 e. The van der Waals surface area contributed by atoms with Crippen molar-refractivity contribution in [2.75, 3.05) is 13.2 Å². The molecule has 8 nitrogen and oxygen atoms in total. The summed E-state index contributed by atoms with van der Waals surface area (Å²) in [5.41, 5.74) is 4.69. The van der Waals surface area contributed by atoms with E-state index in [9.17, 15) is 9.59 Å². The molecule has 1 aliphatic rings. The number of para-hydroxylation sites is 1. The number of ether oxygens (including phenoxy) is 2. The van der Waals surface area contributed by atoms with Gasteiger partial charge in [0.2, 0.25) is 0 Å². The lowest BCUT2D eigenvalue weighted by molar-refractivity contribution is -0.139. The van der Waals surface area contributed by atoms with Crippen LogP contribution < -0.4 is 15.4 Å². The Morgan fingerprint density at radius 2 is 1.97 bits per heavy atom. The number of aryl methyl sites for hydroxylation is 1. The molecule has 0 saturated carbocycles. The van der Waals surface area contributed by atoms with Crippen LogP contribution in [0.2, 0.25) is 0 Å². The van der Waals surface area contributed by atoms with E-state index in [0.717, 1.165) is 22.6 Å². The largest absolute Gasteiger partial charge is 0.489 e. The van der Waals surface area contributed by atoms with Crippen LogP contribution in [0.5, 0.6) is 5.75 Å². The molecule has 4 rings (SSSR count). The molecule has 0 fully saturated rings. The van der Waals surface area contributed by atoms with E-state index in [1.807, 2.05) is 61.7 Å². The Morgan fingerprint density at radius 1 is 1.20 bits per heavy atom. The number of allylic oxidation sites excluding steroid dienone is 1. The van der Waals surface area contributed by atoms with Gasteiger partial charge in [-0.15, -0.1) is 0 Å². The fourth-order valence-electron chi connectivity index (χ4n) is 4.05. The second-order valence-corrected chi connectivity index (χ2v) is 8.08. The quantitative estimate of drug-likeness (QED) is 0.369. The minimum atomic E-state index is -0.743. The van der Waals surface area contributed by atoms with E-state index in [0.29, 0.717) is 29.1 Å². The molecule has 180 valence electrons. The minimum absolute atomic E-state index is 0.220. The Hall–Kier alpha value is -4.33. The van der Waals surface area contributed by atoms with Crippen LogP contribution in [-0.2, 0) is 9.53 Å². The molecule has 3 aromatic rings. The lowest BCUT2D eigenvalue weighted by atomic mass is 9.93. The predicted octanol–water partition coefficient (Wildman–Crippen LogP) is 4.60. The average Bonchev–Trinajstić information content (AvgIpc) is 3.29. The van der Waals surface area contributed by atoms with Crippen LogP contribution in [0, 0.1) is 6.92 Å². The second-order valence-electron chi connectivity index (χ2n) is 8.08. The molecule has 0 aliphatic carbocycles. The number of nitrogens with one attached hydrogen (secondary N) is 2. The van der Waals surface area contributed by atoms with Crippen LogP contribution in [0.3, 0.4) is 0 Å². The molecular weight excluding hydrogens is 444 g/mol. The molecule has 0 radical (unpaired) electrons. The van der Waals surface area contributed by atoms with Gasteiger partial charge in [0.05, 0.1) is 29.6 Å². The first-order valence-corrected chi connectivity index (χ1v) is 11.4. The number of amides is 2. The van der Waals surface area contributed by atoms with E-state index in [2.05, 4.69) is 17.2 Å². The standard InChI is InChI=1S/C27H28N4O4/c1-5-14-35-22-13-12-19(15-17(22)3)24-21(16-31(30-24)20-10-8-7-9-11-20)25-23(26(32)34-6-2)18(4)28-27(33)29-25/h5,7-13,15-16,25H,1,6,14H2,2-4H3,(H2,28,29,33)/t25-/m1/s1. The van der Waals surface area contributed by atoms with Crippen LogP contribution >= 0.6 is 0 Å². The van der Waals surface area contributed by atoms with Gasteiger partial charge in [-0.2, -0.15) is 5.10 Å². The van der Waals surface area contributed by atoms with E-state index in [1.54, 1.807) is 24.6 Å². The third kappa shape index (κ3) is 4.96. The van der Waals surface area contributed by atoms with Gasteiger partial charge in [0.15, 0.2) is 0 Å². The highest BCUT2D eigenvalue weighted by molar-refractivity contribution is 5.95. The summed E-state index contributed by atoms with van der Waals surface area (Å²) in [6.07, 6.45) is 3.53. The maximum atomic E-state index is 12.9. The van der Waals surface area contributed by atoms with Crippen LogP contribution in [0.15, 0.2) is 78.7 Å². The normalized spacial score (nSPS) is 15.3. The fraction of sp³-hybridized carbons (Fsp3) is 0.222. The molecule has 1 atom stereocenters. The zero-order valence-electron chi connectivity index (χ0n) is 20.0. The summed E-state index contributed by atoms with van der Waals surface area (Å²) in [5, 5.41) is 10.4. The lowest BCUT2D eigenvalue weighted by Crippen LogP contribution is -2.45. The van der Waals surface area contributed by atoms with Crippen molar-refractivity contribution in [1.29, 1.82) is 0 Å². The van der Waals surface area contributed by atoms with Gasteiger partial charge in [0.1, 0.15) is 12.4 Å². The topological polar surface area (TPSA) is 94.5 Å². The van der Waals surface area contributed by atoms with Crippen molar-refractivity contribution in [3.63, 3.8) is 0 Å². The number of aromatic nitrogens is 2. The molecule has 2 aromatic carbocycles. The summed E-state index contributed by atoms with van der Waals surface area (Å²) >= 11 is 0. The average molecular weight is 473 g/mol. The van der Waals surface area contributed by atoms with Gasteiger partial charge >= 0.3 is 12.0 Å². The Kier molecular flexibility index (Phi) is 7.01. The molecule has 35 heavy (non-hydrogen) atoms. The van der Waals surface area contributed by atoms with Gasteiger partial charge in [-0.25, -0.2) is 14.3 Å². The van der Waals surface area contributed by atoms with Gasteiger partial charge < -0.3 is 20.1 Å². The summed E-state index contributed by atoms with van der Waals surface area (Å²) in [6.45, 7) is 9.71. The van der Waals surface area contributed by atoms with E-state index < -0.39 is 18.0 Å². The third-order valence-corrected chi connectivity index (χ3v) is 5.64. The minimum Gasteiger partial charge on any atom is -0.489 e. The van der Waals surface area contributed by atoms with Crippen molar-refractivity contribution in [3.05, 3.63) is 89.8 Å². The van der Waals surface area contributed by atoms with Gasteiger partial charge in [-0.1, -0.05) is 30.9 Å². The van der Waals surface area contributed by atoms with Crippen molar-refractivity contribution in [2.45, 2.75) is 26.8 Å². The van der Waals surface area contributed by atoms with Gasteiger partial charge in [-0.05, 0) is 56.7 Å². The SMILES string of the molecule is C=CCOc1ccc(-c2nn(-c3ccccc3)cc2[C@H]2NC(=O)NC(C)=C2C(=O)OCC)cc1C. The van der Waals surface area contributed by atoms with Crippen molar-refractivity contribution in [3.8, 4) is 22.7 Å².